The van der Waals surface area contributed by atoms with Gasteiger partial charge in [0, 0.05) is 19.9 Å². The molecule has 7 heteroatoms. The zero-order valence-electron chi connectivity index (χ0n) is 12.6. The Balaban J connectivity index is 2.74. The van der Waals surface area contributed by atoms with Crippen LogP contribution in [-0.2, 0) is 14.4 Å². The average Bonchev–Trinajstić information content (AvgIpc) is 2.76. The van der Waals surface area contributed by atoms with Crippen molar-refractivity contribution in [2.45, 2.75) is 51.8 Å². The maximum absolute atomic E-state index is 12.2. The molecule has 0 aliphatic carbocycles. The number of allylic oxidation sites excluding steroid dienone is 1. The number of hydrogen-bond donors (Lipinski definition) is 3. The van der Waals surface area contributed by atoms with E-state index in [-0.39, 0.29) is 18.9 Å². The van der Waals surface area contributed by atoms with E-state index in [0.717, 1.165) is 5.57 Å². The number of aliphatic hydroxyl groups excluding tert-OH is 1. The average molecular weight is 297 g/mol. The first-order valence-electron chi connectivity index (χ1n) is 6.90. The molecule has 1 aliphatic heterocycles. The summed E-state index contributed by atoms with van der Waals surface area (Å²) in [6.45, 7) is 5.23. The van der Waals surface area contributed by atoms with Crippen molar-refractivity contribution in [2.24, 2.45) is 5.73 Å². The molecule has 3 amide bonds. The van der Waals surface area contributed by atoms with Crippen molar-refractivity contribution < 1.29 is 19.5 Å². The summed E-state index contributed by atoms with van der Waals surface area (Å²) in [7, 11) is 0. The van der Waals surface area contributed by atoms with E-state index in [2.05, 4.69) is 5.32 Å². The number of carbonyl (C=O) groups is 3. The van der Waals surface area contributed by atoms with Crippen LogP contribution in [0.4, 0.5) is 0 Å². The van der Waals surface area contributed by atoms with Gasteiger partial charge in [0.2, 0.25) is 17.7 Å². The topological polar surface area (TPSA) is 113 Å². The highest BCUT2D eigenvalue weighted by atomic mass is 16.3. The van der Waals surface area contributed by atoms with Crippen LogP contribution < -0.4 is 11.1 Å². The number of hydrogen-bond acceptors (Lipinski definition) is 4. The second-order valence-electron chi connectivity index (χ2n) is 5.56. The van der Waals surface area contributed by atoms with Crippen molar-refractivity contribution >= 4 is 17.7 Å². The Hall–Kier alpha value is -1.89. The van der Waals surface area contributed by atoms with Gasteiger partial charge in [-0.15, -0.1) is 0 Å². The van der Waals surface area contributed by atoms with Crippen LogP contribution in [0, 0.1) is 0 Å². The van der Waals surface area contributed by atoms with Gasteiger partial charge >= 0.3 is 0 Å². The first-order valence-corrected chi connectivity index (χ1v) is 6.90. The smallest absolute Gasteiger partial charge is 0.243 e. The van der Waals surface area contributed by atoms with E-state index in [1.54, 1.807) is 0 Å². The standard InChI is InChI=1S/C14H23N3O4/c1-8(2)4-5-11(13(15)20)16-14(21)12-6-10(19)7-17(12)9(3)18/h4,10-12,19H,5-7H2,1-3H3,(H2,15,20)(H,16,21)/t10-,11+,12+/m1/s1. The fourth-order valence-corrected chi connectivity index (χ4v) is 2.28. The lowest BCUT2D eigenvalue weighted by Gasteiger charge is -2.24. The van der Waals surface area contributed by atoms with Crippen molar-refractivity contribution in [3.63, 3.8) is 0 Å². The third-order valence-electron chi connectivity index (χ3n) is 3.41. The van der Waals surface area contributed by atoms with Crippen molar-refractivity contribution in [3.05, 3.63) is 11.6 Å². The molecule has 1 heterocycles. The van der Waals surface area contributed by atoms with E-state index in [1.165, 1.54) is 11.8 Å². The second kappa shape index (κ2) is 7.21. The number of β-amino-alcohol motifs (C(OH)–C–C–N with tert-alkyl or cyclic N) is 1. The van der Waals surface area contributed by atoms with Crippen molar-refractivity contribution in [3.8, 4) is 0 Å². The van der Waals surface area contributed by atoms with Crippen LogP contribution >= 0.6 is 0 Å². The molecule has 1 fully saturated rings. The Morgan fingerprint density at radius 2 is 2.00 bits per heavy atom. The summed E-state index contributed by atoms with van der Waals surface area (Å²) in [4.78, 5) is 36.4. The van der Waals surface area contributed by atoms with Gasteiger partial charge in [0.15, 0.2) is 0 Å². The van der Waals surface area contributed by atoms with Crippen molar-refractivity contribution in [2.75, 3.05) is 6.54 Å². The maximum Gasteiger partial charge on any atom is 0.243 e. The van der Waals surface area contributed by atoms with Gasteiger partial charge in [0.25, 0.3) is 0 Å². The molecule has 0 aromatic carbocycles. The maximum atomic E-state index is 12.2. The van der Waals surface area contributed by atoms with Crippen LogP contribution in [0.3, 0.4) is 0 Å². The van der Waals surface area contributed by atoms with E-state index in [4.69, 9.17) is 5.73 Å². The summed E-state index contributed by atoms with van der Waals surface area (Å²) in [5.74, 6) is -1.38. The van der Waals surface area contributed by atoms with Gasteiger partial charge in [0.05, 0.1) is 6.10 Å². The molecule has 21 heavy (non-hydrogen) atoms. The molecule has 1 saturated heterocycles. The molecule has 0 bridgehead atoms. The number of rotatable bonds is 5. The second-order valence-corrected chi connectivity index (χ2v) is 5.56. The van der Waals surface area contributed by atoms with E-state index >= 15 is 0 Å². The van der Waals surface area contributed by atoms with Crippen LogP contribution in [0.15, 0.2) is 11.6 Å². The Labute approximate surface area is 124 Å². The zero-order valence-corrected chi connectivity index (χ0v) is 12.6. The molecular formula is C14H23N3O4. The SMILES string of the molecule is CC(=O)N1C[C@H](O)C[C@H]1C(=O)N[C@@H](CC=C(C)C)C(N)=O. The number of carbonyl (C=O) groups excluding carboxylic acids is 3. The molecule has 1 rings (SSSR count). The molecule has 0 radical (unpaired) electrons. The minimum absolute atomic E-state index is 0.128. The number of primary amides is 1. The molecule has 0 spiro atoms. The monoisotopic (exact) mass is 297 g/mol. The lowest BCUT2D eigenvalue weighted by molar-refractivity contribution is -0.137. The first-order chi connectivity index (χ1) is 9.72. The molecule has 0 unspecified atom stereocenters. The minimum atomic E-state index is -0.820. The third-order valence-corrected chi connectivity index (χ3v) is 3.41. The predicted octanol–water partition coefficient (Wildman–Crippen LogP) is -0.705. The van der Waals surface area contributed by atoms with Gasteiger partial charge < -0.3 is 21.1 Å². The van der Waals surface area contributed by atoms with E-state index in [1.807, 2.05) is 19.9 Å². The summed E-state index contributed by atoms with van der Waals surface area (Å²) >= 11 is 0. The Morgan fingerprint density at radius 1 is 1.38 bits per heavy atom. The van der Waals surface area contributed by atoms with Crippen molar-refractivity contribution in [1.82, 2.24) is 10.2 Å². The number of aliphatic hydroxyl groups is 1. The molecule has 0 aromatic rings. The van der Waals surface area contributed by atoms with Gasteiger partial charge in [0.1, 0.15) is 12.1 Å². The Bertz CT molecular complexity index is 457. The lowest BCUT2D eigenvalue weighted by atomic mass is 10.1. The normalized spacial score (nSPS) is 22.6. The fraction of sp³-hybridized carbons (Fsp3) is 0.643. The Kier molecular flexibility index (Phi) is 5.90. The van der Waals surface area contributed by atoms with E-state index < -0.39 is 30.0 Å². The van der Waals surface area contributed by atoms with Gasteiger partial charge in [-0.1, -0.05) is 11.6 Å². The first kappa shape index (κ1) is 17.2. The zero-order chi connectivity index (χ0) is 16.2. The van der Waals surface area contributed by atoms with Gasteiger partial charge in [-0.2, -0.15) is 0 Å². The highest BCUT2D eigenvalue weighted by Gasteiger charge is 2.38. The van der Waals surface area contributed by atoms with E-state index in [0.29, 0.717) is 6.42 Å². The predicted molar refractivity (Wildman–Crippen MR) is 77.0 cm³/mol. The van der Waals surface area contributed by atoms with Crippen LogP contribution in [0.2, 0.25) is 0 Å². The molecule has 118 valence electrons. The summed E-state index contributed by atoms with van der Waals surface area (Å²) in [6.07, 6.45) is 1.55. The van der Waals surface area contributed by atoms with Gasteiger partial charge in [-0.05, 0) is 20.3 Å². The summed E-state index contributed by atoms with van der Waals surface area (Å²) < 4.78 is 0. The lowest BCUT2D eigenvalue weighted by Crippen LogP contribution is -2.51. The minimum Gasteiger partial charge on any atom is -0.391 e. The molecule has 4 N–H and O–H groups in total. The third kappa shape index (κ3) is 4.86. The molecule has 0 saturated carbocycles. The number of nitrogens with one attached hydrogen (secondary N) is 1. The van der Waals surface area contributed by atoms with Crippen LogP contribution in [0.25, 0.3) is 0 Å². The van der Waals surface area contributed by atoms with Gasteiger partial charge in [-0.25, -0.2) is 0 Å². The largest absolute Gasteiger partial charge is 0.391 e. The molecule has 0 aromatic heterocycles. The Morgan fingerprint density at radius 3 is 2.48 bits per heavy atom. The number of nitrogens with zero attached hydrogens (tertiary/aromatic N) is 1. The fourth-order valence-electron chi connectivity index (χ4n) is 2.28. The van der Waals surface area contributed by atoms with E-state index in [9.17, 15) is 19.5 Å². The molecule has 3 atom stereocenters. The molecule has 7 nitrogen and oxygen atoms in total. The quantitative estimate of drug-likeness (QED) is 0.582. The highest BCUT2D eigenvalue weighted by Crippen LogP contribution is 2.18. The van der Waals surface area contributed by atoms with Crippen LogP contribution in [0.1, 0.15) is 33.6 Å². The summed E-state index contributed by atoms with van der Waals surface area (Å²) in [5, 5.41) is 12.2. The van der Waals surface area contributed by atoms with Crippen LogP contribution in [0.5, 0.6) is 0 Å². The number of nitrogens with two attached hydrogens (primary N) is 1. The highest BCUT2D eigenvalue weighted by molar-refractivity contribution is 5.91. The number of likely N-dealkylation sites (tertiary alicyclic amines) is 1. The summed E-state index contributed by atoms with van der Waals surface area (Å²) in [5.41, 5.74) is 6.29. The number of amides is 3. The van der Waals surface area contributed by atoms with Crippen molar-refractivity contribution in [1.29, 1.82) is 0 Å². The van der Waals surface area contributed by atoms with Crippen LogP contribution in [-0.4, -0.2) is 52.5 Å². The van der Waals surface area contributed by atoms with Gasteiger partial charge in [-0.3, -0.25) is 14.4 Å². The molecule has 1 aliphatic rings. The molecular weight excluding hydrogens is 274 g/mol. The summed E-state index contributed by atoms with van der Waals surface area (Å²) in [6, 6.07) is -1.58.